The van der Waals surface area contributed by atoms with E-state index in [1.54, 1.807) is 0 Å². The minimum absolute atomic E-state index is 0.374. The van der Waals surface area contributed by atoms with Crippen LogP contribution in [0.4, 0.5) is 10.1 Å². The monoisotopic (exact) mass is 395 g/mol. The number of nitrogens with one attached hydrogen (secondary N) is 1. The molecule has 1 aromatic carbocycles. The minimum atomic E-state index is -3.47. The second-order valence-corrected chi connectivity index (χ2v) is 7.66. The van der Waals surface area contributed by atoms with Crippen LogP contribution in [-0.2, 0) is 10.0 Å². The average molecular weight is 395 g/mol. The molecule has 104 valence electrons. The zero-order valence-electron chi connectivity index (χ0n) is 10.5. The molecule has 6 heteroatoms. The summed E-state index contributed by atoms with van der Waals surface area (Å²) in [4.78, 5) is 0. The molecule has 0 radical (unpaired) electrons. The predicted molar refractivity (Wildman–Crippen MR) is 83.1 cm³/mol. The molecule has 1 atom stereocenters. The third kappa shape index (κ3) is 3.47. The van der Waals surface area contributed by atoms with Gasteiger partial charge < -0.3 is 0 Å². The standard InChI is InChI=1S/C13H15FINO2S/c1-9-4-2-3-5-13(9)19(17,18)16-12-7-6-10(14)8-11(12)15/h4,6-8,13,16H,2-3,5H2,1H3. The maximum absolute atomic E-state index is 13.0. The first-order valence-corrected chi connectivity index (χ1v) is 8.66. The van der Waals surface area contributed by atoms with E-state index >= 15 is 0 Å². The fourth-order valence-electron chi connectivity index (χ4n) is 2.19. The molecule has 0 saturated heterocycles. The summed E-state index contributed by atoms with van der Waals surface area (Å²) in [5.41, 5.74) is 1.32. The molecule has 0 aliphatic heterocycles. The van der Waals surface area contributed by atoms with Crippen molar-refractivity contribution in [2.45, 2.75) is 31.4 Å². The molecule has 0 heterocycles. The van der Waals surface area contributed by atoms with E-state index in [0.29, 0.717) is 15.7 Å². The van der Waals surface area contributed by atoms with Gasteiger partial charge in [0.1, 0.15) is 11.1 Å². The Kier molecular flexibility index (Phi) is 4.50. The summed E-state index contributed by atoms with van der Waals surface area (Å²) in [5, 5.41) is -0.484. The fourth-order valence-corrected chi connectivity index (χ4v) is 4.67. The third-order valence-corrected chi connectivity index (χ3v) is 5.96. The van der Waals surface area contributed by atoms with Gasteiger partial charge in [-0.25, -0.2) is 12.8 Å². The highest BCUT2D eigenvalue weighted by Gasteiger charge is 2.28. The van der Waals surface area contributed by atoms with Crippen LogP contribution in [0.2, 0.25) is 0 Å². The van der Waals surface area contributed by atoms with E-state index in [1.807, 2.05) is 35.6 Å². The van der Waals surface area contributed by atoms with E-state index in [4.69, 9.17) is 0 Å². The maximum atomic E-state index is 13.0. The van der Waals surface area contributed by atoms with Crippen molar-refractivity contribution in [1.29, 1.82) is 0 Å². The molecule has 1 aromatic rings. The van der Waals surface area contributed by atoms with Gasteiger partial charge in [-0.2, -0.15) is 0 Å². The molecule has 1 unspecified atom stereocenters. The number of allylic oxidation sites excluding steroid dienone is 1. The normalized spacial score (nSPS) is 19.9. The summed E-state index contributed by atoms with van der Waals surface area (Å²) in [7, 11) is -3.47. The number of halogens is 2. The molecule has 1 aliphatic carbocycles. The average Bonchev–Trinajstić information content (AvgIpc) is 2.33. The van der Waals surface area contributed by atoms with Crippen molar-refractivity contribution in [3.05, 3.63) is 39.2 Å². The Morgan fingerprint density at radius 3 is 2.79 bits per heavy atom. The number of sulfonamides is 1. The van der Waals surface area contributed by atoms with Gasteiger partial charge in [0.25, 0.3) is 0 Å². The van der Waals surface area contributed by atoms with Crippen molar-refractivity contribution >= 4 is 38.3 Å². The second kappa shape index (κ2) is 5.78. The molecule has 3 nitrogen and oxygen atoms in total. The molecule has 0 aromatic heterocycles. The van der Waals surface area contributed by atoms with E-state index < -0.39 is 15.3 Å². The molecule has 0 fully saturated rings. The zero-order chi connectivity index (χ0) is 14.0. The van der Waals surface area contributed by atoms with Crippen LogP contribution in [0, 0.1) is 9.39 Å². The van der Waals surface area contributed by atoms with Gasteiger partial charge in [-0.1, -0.05) is 11.6 Å². The quantitative estimate of drug-likeness (QED) is 0.627. The highest BCUT2D eigenvalue weighted by Crippen LogP contribution is 2.27. The fraction of sp³-hybridized carbons (Fsp3) is 0.385. The molecule has 0 saturated carbocycles. The van der Waals surface area contributed by atoms with Crippen molar-refractivity contribution in [3.63, 3.8) is 0 Å². The summed E-state index contributed by atoms with van der Waals surface area (Å²) in [6.07, 6.45) is 4.42. The molecule has 1 aliphatic rings. The lowest BCUT2D eigenvalue weighted by Gasteiger charge is -2.23. The first-order valence-electron chi connectivity index (χ1n) is 6.03. The molecule has 0 spiro atoms. The maximum Gasteiger partial charge on any atom is 0.239 e. The topological polar surface area (TPSA) is 46.2 Å². The van der Waals surface area contributed by atoms with Gasteiger partial charge in [-0.3, -0.25) is 4.72 Å². The highest BCUT2D eigenvalue weighted by molar-refractivity contribution is 14.1. The zero-order valence-corrected chi connectivity index (χ0v) is 13.5. The molecular formula is C13H15FINO2S. The molecule has 19 heavy (non-hydrogen) atoms. The molecule has 0 bridgehead atoms. The lowest BCUT2D eigenvalue weighted by molar-refractivity contribution is 0.577. The molecule has 1 N–H and O–H groups in total. The van der Waals surface area contributed by atoms with Crippen molar-refractivity contribution < 1.29 is 12.8 Å². The minimum Gasteiger partial charge on any atom is -0.282 e. The Morgan fingerprint density at radius 2 is 2.16 bits per heavy atom. The van der Waals surface area contributed by atoms with Gasteiger partial charge in [0, 0.05) is 3.57 Å². The third-order valence-electron chi connectivity index (χ3n) is 3.20. The summed E-state index contributed by atoms with van der Waals surface area (Å²) >= 11 is 1.92. The molecule has 0 amide bonds. The lowest BCUT2D eigenvalue weighted by atomic mass is 10.0. The summed E-state index contributed by atoms with van der Waals surface area (Å²) in [5.74, 6) is -0.374. The van der Waals surface area contributed by atoms with Crippen LogP contribution in [-0.4, -0.2) is 13.7 Å². The van der Waals surface area contributed by atoms with Gasteiger partial charge in [0.15, 0.2) is 0 Å². The number of benzene rings is 1. The van der Waals surface area contributed by atoms with Crippen molar-refractivity contribution in [3.8, 4) is 0 Å². The van der Waals surface area contributed by atoms with Crippen LogP contribution in [0.25, 0.3) is 0 Å². The number of hydrogen-bond acceptors (Lipinski definition) is 2. The van der Waals surface area contributed by atoms with E-state index in [1.165, 1.54) is 18.2 Å². The van der Waals surface area contributed by atoms with Gasteiger partial charge in [0.05, 0.1) is 5.69 Å². The second-order valence-electron chi connectivity index (χ2n) is 4.64. The van der Waals surface area contributed by atoms with E-state index in [2.05, 4.69) is 4.72 Å². The van der Waals surface area contributed by atoms with Gasteiger partial charge in [0.2, 0.25) is 10.0 Å². The van der Waals surface area contributed by atoms with Crippen LogP contribution < -0.4 is 4.72 Å². The van der Waals surface area contributed by atoms with Gasteiger partial charge in [-0.15, -0.1) is 0 Å². The smallest absolute Gasteiger partial charge is 0.239 e. The Hall–Kier alpha value is -0.630. The molecule has 2 rings (SSSR count). The number of rotatable bonds is 3. The predicted octanol–water partition coefficient (Wildman–Crippen LogP) is 3.67. The van der Waals surface area contributed by atoms with E-state index in [-0.39, 0.29) is 5.82 Å². The SMILES string of the molecule is CC1=CCCCC1S(=O)(=O)Nc1ccc(F)cc1I. The number of anilines is 1. The Balaban J connectivity index is 2.26. The summed E-state index contributed by atoms with van der Waals surface area (Å²) < 4.78 is 40.8. The van der Waals surface area contributed by atoms with Gasteiger partial charge >= 0.3 is 0 Å². The summed E-state index contributed by atoms with van der Waals surface area (Å²) in [6, 6.07) is 4.02. The molecular weight excluding hydrogens is 380 g/mol. The Labute approximate surface area is 126 Å². The first kappa shape index (κ1) is 14.8. The Morgan fingerprint density at radius 1 is 1.42 bits per heavy atom. The van der Waals surface area contributed by atoms with Crippen LogP contribution in [0.5, 0.6) is 0 Å². The van der Waals surface area contributed by atoms with E-state index in [0.717, 1.165) is 18.4 Å². The number of hydrogen-bond donors (Lipinski definition) is 1. The van der Waals surface area contributed by atoms with Crippen LogP contribution in [0.1, 0.15) is 26.2 Å². The highest BCUT2D eigenvalue weighted by atomic mass is 127. The van der Waals surface area contributed by atoms with Crippen molar-refractivity contribution in [2.24, 2.45) is 0 Å². The van der Waals surface area contributed by atoms with Crippen LogP contribution >= 0.6 is 22.6 Å². The van der Waals surface area contributed by atoms with Crippen LogP contribution in [0.15, 0.2) is 29.8 Å². The largest absolute Gasteiger partial charge is 0.282 e. The van der Waals surface area contributed by atoms with Crippen LogP contribution in [0.3, 0.4) is 0 Å². The lowest BCUT2D eigenvalue weighted by Crippen LogP contribution is -2.30. The first-order chi connectivity index (χ1) is 8.90. The van der Waals surface area contributed by atoms with Crippen molar-refractivity contribution in [2.75, 3.05) is 4.72 Å². The summed E-state index contributed by atoms with van der Waals surface area (Å²) in [6.45, 7) is 1.85. The van der Waals surface area contributed by atoms with Gasteiger partial charge in [-0.05, 0) is 67.0 Å². The Bertz CT molecular complexity index is 613. The van der Waals surface area contributed by atoms with E-state index in [9.17, 15) is 12.8 Å². The van der Waals surface area contributed by atoms with Crippen molar-refractivity contribution in [1.82, 2.24) is 0 Å².